The summed E-state index contributed by atoms with van der Waals surface area (Å²) >= 11 is 0. The Hall–Kier alpha value is -2.28. The van der Waals surface area contributed by atoms with Crippen LogP contribution in [0.1, 0.15) is 43.0 Å². The van der Waals surface area contributed by atoms with Crippen molar-refractivity contribution in [1.29, 1.82) is 0 Å². The molecule has 0 bridgehead atoms. The Morgan fingerprint density at radius 2 is 2.21 bits per heavy atom. The molecule has 128 valence electrons. The summed E-state index contributed by atoms with van der Waals surface area (Å²) in [5, 5.41) is 12.2. The summed E-state index contributed by atoms with van der Waals surface area (Å²) in [5.74, 6) is 4.24. The zero-order valence-corrected chi connectivity index (χ0v) is 14.0. The van der Waals surface area contributed by atoms with Gasteiger partial charge in [0.2, 0.25) is 12.5 Å². The summed E-state index contributed by atoms with van der Waals surface area (Å²) in [6.07, 6.45) is 3.43. The maximum absolute atomic E-state index is 5.48. The third kappa shape index (κ3) is 2.69. The highest BCUT2D eigenvalue weighted by Crippen LogP contribution is 2.41. The lowest BCUT2D eigenvalue weighted by atomic mass is 10.1. The van der Waals surface area contributed by atoms with E-state index in [9.17, 15) is 0 Å². The van der Waals surface area contributed by atoms with Crippen molar-refractivity contribution in [3.63, 3.8) is 0 Å². The summed E-state index contributed by atoms with van der Waals surface area (Å²) in [4.78, 5) is 0. The van der Waals surface area contributed by atoms with E-state index >= 15 is 0 Å². The third-order valence-electron chi connectivity index (χ3n) is 4.61. The summed E-state index contributed by atoms with van der Waals surface area (Å²) in [7, 11) is 1.64. The molecule has 0 amide bonds. The molecule has 0 radical (unpaired) electrons. The maximum atomic E-state index is 5.48. The van der Waals surface area contributed by atoms with Crippen LogP contribution in [-0.2, 0) is 19.5 Å². The average Bonchev–Trinajstić information content (AvgIpc) is 3.25. The number of methoxy groups -OCH3 is 1. The van der Waals surface area contributed by atoms with Crippen molar-refractivity contribution in [2.24, 2.45) is 0 Å². The van der Waals surface area contributed by atoms with Gasteiger partial charge in [0, 0.05) is 19.5 Å². The molecule has 0 saturated carbocycles. The minimum atomic E-state index is 0.126. The Balaban J connectivity index is 1.48. The molecule has 0 unspecified atom stereocenters. The minimum absolute atomic E-state index is 0.126. The van der Waals surface area contributed by atoms with Crippen molar-refractivity contribution in [2.45, 2.75) is 45.3 Å². The topological polar surface area (TPSA) is 70.4 Å². The summed E-state index contributed by atoms with van der Waals surface area (Å²) in [6, 6.07) is 4.09. The standard InChI is InChI=1S/C17H22N4O3/c1-11(17-20-19-15-5-3-4-6-21(15)17)18-9-12-7-13(22-2)16-14(8-12)23-10-24-16/h7-8,11,18H,3-6,9-10H2,1-2H3/t11-/m1/s1. The first kappa shape index (κ1) is 15.3. The number of rotatable bonds is 5. The van der Waals surface area contributed by atoms with Crippen LogP contribution >= 0.6 is 0 Å². The lowest BCUT2D eigenvalue weighted by Gasteiger charge is -2.19. The van der Waals surface area contributed by atoms with Crippen molar-refractivity contribution < 1.29 is 14.2 Å². The zero-order chi connectivity index (χ0) is 16.5. The molecule has 0 saturated heterocycles. The Morgan fingerprint density at radius 3 is 3.08 bits per heavy atom. The molecular weight excluding hydrogens is 308 g/mol. The Kier molecular flexibility index (Phi) is 4.02. The van der Waals surface area contributed by atoms with Crippen LogP contribution in [0.25, 0.3) is 0 Å². The predicted octanol–water partition coefficient (Wildman–Crippen LogP) is 2.20. The van der Waals surface area contributed by atoms with E-state index in [1.54, 1.807) is 7.11 Å². The first-order chi connectivity index (χ1) is 11.8. The van der Waals surface area contributed by atoms with Crippen LogP contribution < -0.4 is 19.5 Å². The zero-order valence-electron chi connectivity index (χ0n) is 14.0. The van der Waals surface area contributed by atoms with E-state index in [2.05, 4.69) is 27.0 Å². The van der Waals surface area contributed by atoms with Crippen molar-refractivity contribution in [1.82, 2.24) is 20.1 Å². The molecule has 2 aliphatic heterocycles. The number of hydrogen-bond acceptors (Lipinski definition) is 6. The van der Waals surface area contributed by atoms with Gasteiger partial charge in [0.15, 0.2) is 11.5 Å². The normalized spacial score (nSPS) is 16.8. The van der Waals surface area contributed by atoms with E-state index in [1.807, 2.05) is 12.1 Å². The van der Waals surface area contributed by atoms with Gasteiger partial charge in [0.05, 0.1) is 13.2 Å². The molecule has 1 atom stereocenters. The number of nitrogens with one attached hydrogen (secondary N) is 1. The maximum Gasteiger partial charge on any atom is 0.231 e. The molecule has 3 heterocycles. The highest BCUT2D eigenvalue weighted by Gasteiger charge is 2.22. The second-order valence-corrected chi connectivity index (χ2v) is 6.22. The molecular formula is C17H22N4O3. The molecule has 0 fully saturated rings. The van der Waals surface area contributed by atoms with Crippen LogP contribution in [0.3, 0.4) is 0 Å². The number of nitrogens with zero attached hydrogens (tertiary/aromatic N) is 3. The number of benzene rings is 1. The molecule has 0 spiro atoms. The van der Waals surface area contributed by atoms with Crippen molar-refractivity contribution >= 4 is 0 Å². The monoisotopic (exact) mass is 330 g/mol. The minimum Gasteiger partial charge on any atom is -0.493 e. The van der Waals surface area contributed by atoms with E-state index in [0.717, 1.165) is 35.9 Å². The number of ether oxygens (including phenoxy) is 3. The Morgan fingerprint density at radius 1 is 1.29 bits per heavy atom. The fourth-order valence-electron chi connectivity index (χ4n) is 3.30. The van der Waals surface area contributed by atoms with Crippen LogP contribution in [0, 0.1) is 0 Å². The van der Waals surface area contributed by atoms with Crippen molar-refractivity contribution in [3.05, 3.63) is 29.3 Å². The lowest BCUT2D eigenvalue weighted by Crippen LogP contribution is -2.23. The number of fused-ring (bicyclic) bond motifs is 2. The van der Waals surface area contributed by atoms with Crippen molar-refractivity contribution in [3.8, 4) is 17.2 Å². The van der Waals surface area contributed by atoms with Gasteiger partial charge in [-0.2, -0.15) is 0 Å². The van der Waals surface area contributed by atoms with Gasteiger partial charge in [-0.3, -0.25) is 0 Å². The summed E-state index contributed by atoms with van der Waals surface area (Å²) in [6.45, 7) is 4.07. The van der Waals surface area contributed by atoms with Crippen LogP contribution in [0.5, 0.6) is 17.2 Å². The molecule has 7 heteroatoms. The van der Waals surface area contributed by atoms with E-state index in [0.29, 0.717) is 18.0 Å². The molecule has 7 nitrogen and oxygen atoms in total. The SMILES string of the molecule is COc1cc(CN[C@H](C)c2nnc3n2CCCC3)cc2c1OCO2. The van der Waals surface area contributed by atoms with Crippen LogP contribution in [-0.4, -0.2) is 28.7 Å². The molecule has 24 heavy (non-hydrogen) atoms. The fraction of sp³-hybridized carbons (Fsp3) is 0.529. The fourth-order valence-corrected chi connectivity index (χ4v) is 3.30. The highest BCUT2D eigenvalue weighted by atomic mass is 16.7. The second kappa shape index (κ2) is 6.32. The van der Waals surface area contributed by atoms with Gasteiger partial charge in [-0.15, -0.1) is 10.2 Å². The van der Waals surface area contributed by atoms with Gasteiger partial charge in [0.25, 0.3) is 0 Å². The van der Waals surface area contributed by atoms with Gasteiger partial charge in [-0.25, -0.2) is 0 Å². The van der Waals surface area contributed by atoms with E-state index in [4.69, 9.17) is 14.2 Å². The quantitative estimate of drug-likeness (QED) is 0.906. The lowest BCUT2D eigenvalue weighted by molar-refractivity contribution is 0.171. The molecule has 1 N–H and O–H groups in total. The first-order valence-electron chi connectivity index (χ1n) is 8.38. The largest absolute Gasteiger partial charge is 0.493 e. The van der Waals surface area contributed by atoms with E-state index in [1.165, 1.54) is 12.8 Å². The van der Waals surface area contributed by atoms with Crippen molar-refractivity contribution in [2.75, 3.05) is 13.9 Å². The van der Waals surface area contributed by atoms with Crippen LogP contribution in [0.15, 0.2) is 12.1 Å². The van der Waals surface area contributed by atoms with Gasteiger partial charge in [-0.1, -0.05) is 0 Å². The average molecular weight is 330 g/mol. The summed E-state index contributed by atoms with van der Waals surface area (Å²) < 4.78 is 18.6. The first-order valence-corrected chi connectivity index (χ1v) is 8.38. The van der Waals surface area contributed by atoms with E-state index < -0.39 is 0 Å². The van der Waals surface area contributed by atoms with E-state index in [-0.39, 0.29) is 12.8 Å². The third-order valence-corrected chi connectivity index (χ3v) is 4.61. The highest BCUT2D eigenvalue weighted by molar-refractivity contribution is 5.55. The molecule has 1 aromatic carbocycles. The number of aromatic nitrogens is 3. The summed E-state index contributed by atoms with van der Waals surface area (Å²) in [5.41, 5.74) is 1.08. The predicted molar refractivity (Wildman–Crippen MR) is 87.3 cm³/mol. The Bertz CT molecular complexity index is 744. The van der Waals surface area contributed by atoms with Gasteiger partial charge in [-0.05, 0) is 37.5 Å². The molecule has 2 aromatic rings. The molecule has 4 rings (SSSR count). The van der Waals surface area contributed by atoms with Gasteiger partial charge < -0.3 is 24.1 Å². The van der Waals surface area contributed by atoms with Crippen LogP contribution in [0.2, 0.25) is 0 Å². The molecule has 0 aliphatic carbocycles. The Labute approximate surface area is 140 Å². The molecule has 1 aromatic heterocycles. The van der Waals surface area contributed by atoms with Gasteiger partial charge in [0.1, 0.15) is 11.6 Å². The number of hydrogen-bond donors (Lipinski definition) is 1. The number of aryl methyl sites for hydroxylation is 1. The van der Waals surface area contributed by atoms with Crippen LogP contribution in [0.4, 0.5) is 0 Å². The molecule has 2 aliphatic rings. The second-order valence-electron chi connectivity index (χ2n) is 6.22. The van der Waals surface area contributed by atoms with Gasteiger partial charge >= 0.3 is 0 Å². The smallest absolute Gasteiger partial charge is 0.231 e.